The number of rotatable bonds is 4. The molecule has 0 spiro atoms. The van der Waals surface area contributed by atoms with Gasteiger partial charge in [0.1, 0.15) is 12.2 Å². The van der Waals surface area contributed by atoms with Crippen molar-refractivity contribution in [3.63, 3.8) is 0 Å². The Kier molecular flexibility index (Phi) is 3.42. The zero-order valence-electron chi connectivity index (χ0n) is 10.1. The van der Waals surface area contributed by atoms with Gasteiger partial charge in [0.25, 0.3) is 0 Å². The van der Waals surface area contributed by atoms with Gasteiger partial charge in [-0.15, -0.1) is 0 Å². The van der Waals surface area contributed by atoms with Gasteiger partial charge in [0.15, 0.2) is 0 Å². The third kappa shape index (κ3) is 2.31. The molecule has 2 rings (SSSR count). The van der Waals surface area contributed by atoms with Crippen LogP contribution in [0.15, 0.2) is 6.33 Å². The predicted molar refractivity (Wildman–Crippen MR) is 62.8 cm³/mol. The molecule has 1 aromatic heterocycles. The fourth-order valence-corrected chi connectivity index (χ4v) is 2.57. The quantitative estimate of drug-likeness (QED) is 0.787. The van der Waals surface area contributed by atoms with Crippen LogP contribution in [0.1, 0.15) is 31.5 Å². The maximum Gasteiger partial charge on any atom is 0.230 e. The van der Waals surface area contributed by atoms with Gasteiger partial charge in [0.05, 0.1) is 12.0 Å². The number of H-pyrrole nitrogens is 1. The van der Waals surface area contributed by atoms with Crippen LogP contribution in [-0.4, -0.2) is 39.6 Å². The predicted octanol–water partition coefficient (Wildman–Crippen LogP) is 0.282. The number of amides is 1. The zero-order valence-corrected chi connectivity index (χ0v) is 10.1. The second-order valence-electron chi connectivity index (χ2n) is 4.78. The molecule has 94 valence electrons. The van der Waals surface area contributed by atoms with E-state index < -0.39 is 0 Å². The van der Waals surface area contributed by atoms with Gasteiger partial charge < -0.3 is 10.6 Å². The number of aromatic nitrogens is 3. The van der Waals surface area contributed by atoms with Gasteiger partial charge in [0.2, 0.25) is 5.91 Å². The zero-order chi connectivity index (χ0) is 12.3. The van der Waals surface area contributed by atoms with Crippen molar-refractivity contribution < 1.29 is 4.79 Å². The van der Waals surface area contributed by atoms with Gasteiger partial charge >= 0.3 is 0 Å². The Morgan fingerprint density at radius 3 is 2.82 bits per heavy atom. The standard InChI is InChI=1S/C11H19N5O/c1-16(6-9-13-8-14-15-9)10(17)11(7-12)4-2-3-5-11/h8H,2-7,12H2,1H3,(H,13,14,15). The van der Waals surface area contributed by atoms with Crippen LogP contribution in [0.3, 0.4) is 0 Å². The van der Waals surface area contributed by atoms with Crippen molar-refractivity contribution in [2.45, 2.75) is 32.2 Å². The second-order valence-corrected chi connectivity index (χ2v) is 4.78. The molecule has 0 aliphatic heterocycles. The van der Waals surface area contributed by atoms with Crippen LogP contribution in [-0.2, 0) is 11.3 Å². The highest BCUT2D eigenvalue weighted by Crippen LogP contribution is 2.38. The van der Waals surface area contributed by atoms with Crippen molar-refractivity contribution in [3.05, 3.63) is 12.2 Å². The Morgan fingerprint density at radius 1 is 1.59 bits per heavy atom. The Labute approximate surface area is 101 Å². The third-order valence-electron chi connectivity index (χ3n) is 3.60. The van der Waals surface area contributed by atoms with Gasteiger partial charge in [0, 0.05) is 13.6 Å². The minimum absolute atomic E-state index is 0.133. The van der Waals surface area contributed by atoms with E-state index in [1.807, 2.05) is 0 Å². The SMILES string of the molecule is CN(Cc1ncn[nH]1)C(=O)C1(CN)CCCC1. The molecule has 1 amide bonds. The molecule has 0 aromatic carbocycles. The van der Waals surface area contributed by atoms with Crippen molar-refractivity contribution in [1.82, 2.24) is 20.1 Å². The monoisotopic (exact) mass is 237 g/mol. The number of carbonyl (C=O) groups is 1. The molecule has 0 saturated heterocycles. The lowest BCUT2D eigenvalue weighted by atomic mass is 9.85. The molecular formula is C11H19N5O. The molecule has 0 atom stereocenters. The average Bonchev–Trinajstić information content (AvgIpc) is 2.99. The van der Waals surface area contributed by atoms with Gasteiger partial charge in [-0.1, -0.05) is 12.8 Å². The van der Waals surface area contributed by atoms with E-state index in [2.05, 4.69) is 15.2 Å². The molecule has 3 N–H and O–H groups in total. The minimum atomic E-state index is -0.339. The van der Waals surface area contributed by atoms with E-state index in [4.69, 9.17) is 5.73 Å². The molecule has 6 heteroatoms. The van der Waals surface area contributed by atoms with Crippen molar-refractivity contribution >= 4 is 5.91 Å². The average molecular weight is 237 g/mol. The first-order valence-corrected chi connectivity index (χ1v) is 5.98. The largest absolute Gasteiger partial charge is 0.338 e. The molecule has 1 heterocycles. The summed E-state index contributed by atoms with van der Waals surface area (Å²) in [5.41, 5.74) is 5.46. The van der Waals surface area contributed by atoms with Crippen molar-refractivity contribution in [1.29, 1.82) is 0 Å². The molecule has 1 aliphatic carbocycles. The molecule has 1 fully saturated rings. The van der Waals surface area contributed by atoms with Crippen LogP contribution in [0, 0.1) is 5.41 Å². The highest BCUT2D eigenvalue weighted by Gasteiger charge is 2.41. The highest BCUT2D eigenvalue weighted by atomic mass is 16.2. The molecule has 1 aromatic rings. The molecule has 0 radical (unpaired) electrons. The van der Waals surface area contributed by atoms with Crippen molar-refractivity contribution in [2.75, 3.05) is 13.6 Å². The minimum Gasteiger partial charge on any atom is -0.338 e. The maximum absolute atomic E-state index is 12.4. The molecule has 17 heavy (non-hydrogen) atoms. The number of nitrogens with zero attached hydrogens (tertiary/aromatic N) is 3. The Balaban J connectivity index is 2.03. The lowest BCUT2D eigenvalue weighted by Crippen LogP contribution is -2.44. The van der Waals surface area contributed by atoms with Crippen LogP contribution in [0.4, 0.5) is 0 Å². The van der Waals surface area contributed by atoms with Crippen LogP contribution >= 0.6 is 0 Å². The number of carbonyl (C=O) groups excluding carboxylic acids is 1. The summed E-state index contributed by atoms with van der Waals surface area (Å²) < 4.78 is 0. The maximum atomic E-state index is 12.4. The summed E-state index contributed by atoms with van der Waals surface area (Å²) in [4.78, 5) is 18.1. The first-order valence-electron chi connectivity index (χ1n) is 5.98. The van der Waals surface area contributed by atoms with Crippen LogP contribution in [0.25, 0.3) is 0 Å². The fraction of sp³-hybridized carbons (Fsp3) is 0.727. The molecule has 0 unspecified atom stereocenters. The summed E-state index contributed by atoms with van der Waals surface area (Å²) >= 11 is 0. The van der Waals surface area contributed by atoms with E-state index in [1.54, 1.807) is 11.9 Å². The van der Waals surface area contributed by atoms with Crippen LogP contribution in [0.2, 0.25) is 0 Å². The summed E-state index contributed by atoms with van der Waals surface area (Å²) in [5.74, 6) is 0.833. The normalized spacial score (nSPS) is 18.2. The first-order chi connectivity index (χ1) is 8.18. The van der Waals surface area contributed by atoms with E-state index in [0.717, 1.165) is 25.7 Å². The second kappa shape index (κ2) is 4.83. The first kappa shape index (κ1) is 12.0. The fourth-order valence-electron chi connectivity index (χ4n) is 2.57. The lowest BCUT2D eigenvalue weighted by Gasteiger charge is -2.30. The van der Waals surface area contributed by atoms with Crippen molar-refractivity contribution in [3.8, 4) is 0 Å². The Bertz CT molecular complexity index is 369. The molecule has 6 nitrogen and oxygen atoms in total. The van der Waals surface area contributed by atoms with Crippen LogP contribution in [0.5, 0.6) is 0 Å². The molecule has 1 aliphatic rings. The van der Waals surface area contributed by atoms with Crippen LogP contribution < -0.4 is 5.73 Å². The number of aromatic amines is 1. The highest BCUT2D eigenvalue weighted by molar-refractivity contribution is 5.83. The molecular weight excluding hydrogens is 218 g/mol. The summed E-state index contributed by atoms with van der Waals surface area (Å²) in [6.45, 7) is 0.896. The number of hydrogen-bond donors (Lipinski definition) is 2. The summed E-state index contributed by atoms with van der Waals surface area (Å²) in [5, 5.41) is 6.53. The van der Waals surface area contributed by atoms with E-state index >= 15 is 0 Å². The van der Waals surface area contributed by atoms with Gasteiger partial charge in [-0.3, -0.25) is 9.89 Å². The molecule has 0 bridgehead atoms. The summed E-state index contributed by atoms with van der Waals surface area (Å²) in [6.07, 6.45) is 5.45. The van der Waals surface area contributed by atoms with Gasteiger partial charge in [-0.05, 0) is 12.8 Å². The number of nitrogens with two attached hydrogens (primary N) is 1. The number of nitrogens with one attached hydrogen (secondary N) is 1. The van der Waals surface area contributed by atoms with E-state index in [1.165, 1.54) is 6.33 Å². The van der Waals surface area contributed by atoms with Gasteiger partial charge in [-0.25, -0.2) is 4.98 Å². The summed E-state index contributed by atoms with van der Waals surface area (Å²) in [7, 11) is 1.79. The van der Waals surface area contributed by atoms with E-state index in [-0.39, 0.29) is 11.3 Å². The molecule has 1 saturated carbocycles. The lowest BCUT2D eigenvalue weighted by molar-refractivity contribution is -0.140. The topological polar surface area (TPSA) is 87.9 Å². The summed E-state index contributed by atoms with van der Waals surface area (Å²) in [6, 6.07) is 0. The van der Waals surface area contributed by atoms with E-state index in [9.17, 15) is 4.79 Å². The Morgan fingerprint density at radius 2 is 2.29 bits per heavy atom. The Hall–Kier alpha value is -1.43. The van der Waals surface area contributed by atoms with Crippen molar-refractivity contribution in [2.24, 2.45) is 11.1 Å². The van der Waals surface area contributed by atoms with Gasteiger partial charge in [-0.2, -0.15) is 5.10 Å². The smallest absolute Gasteiger partial charge is 0.230 e. The number of hydrogen-bond acceptors (Lipinski definition) is 4. The van der Waals surface area contributed by atoms with E-state index in [0.29, 0.717) is 18.9 Å². The third-order valence-corrected chi connectivity index (χ3v) is 3.60.